The number of phenols is 1. The van der Waals surface area contributed by atoms with Crippen LogP contribution in [0.1, 0.15) is 5.56 Å². The molecule has 0 aliphatic carbocycles. The molecule has 0 unspecified atom stereocenters. The van der Waals surface area contributed by atoms with Crippen molar-refractivity contribution in [3.05, 3.63) is 42.0 Å². The van der Waals surface area contributed by atoms with Crippen LogP contribution < -0.4 is 5.32 Å². The first-order valence-electron chi connectivity index (χ1n) is 6.83. The van der Waals surface area contributed by atoms with Crippen molar-refractivity contribution in [2.75, 3.05) is 5.32 Å². The van der Waals surface area contributed by atoms with E-state index in [0.29, 0.717) is 16.7 Å². The molecule has 0 atom stereocenters. The molecule has 0 radical (unpaired) electrons. The van der Waals surface area contributed by atoms with E-state index in [9.17, 15) is 9.90 Å². The fourth-order valence-electron chi connectivity index (χ4n) is 2.14. The van der Waals surface area contributed by atoms with Crippen LogP contribution in [0.25, 0.3) is 22.6 Å². The molecule has 1 heterocycles. The van der Waals surface area contributed by atoms with Crippen LogP contribution in [-0.4, -0.2) is 19.8 Å². The van der Waals surface area contributed by atoms with E-state index in [1.54, 1.807) is 12.1 Å². The minimum absolute atomic E-state index is 0.125. The number of aromatic hydroxyl groups is 1. The predicted molar refractivity (Wildman–Crippen MR) is 94.8 cm³/mol. The lowest BCUT2D eigenvalue weighted by molar-refractivity contribution is -0.115. The molecule has 0 aliphatic heterocycles. The van der Waals surface area contributed by atoms with Crippen molar-refractivity contribution in [3.8, 4) is 17.2 Å². The van der Waals surface area contributed by atoms with E-state index in [-0.39, 0.29) is 17.3 Å². The molecule has 0 spiro atoms. The molecule has 0 fully saturated rings. The van der Waals surface area contributed by atoms with Crippen molar-refractivity contribution < 1.29 is 14.3 Å². The van der Waals surface area contributed by atoms with Crippen LogP contribution in [0.15, 0.2) is 40.8 Å². The number of aryl methyl sites for hydroxylation is 1. The van der Waals surface area contributed by atoms with Gasteiger partial charge in [0.2, 0.25) is 5.89 Å². The maximum atomic E-state index is 11.6. The highest BCUT2D eigenvalue weighted by Gasteiger charge is 2.30. The second-order valence-electron chi connectivity index (χ2n) is 5.17. The fraction of sp³-hybridized carbons (Fsp3) is 0.125. The van der Waals surface area contributed by atoms with Crippen LogP contribution in [0, 0.1) is 6.92 Å². The maximum absolute atomic E-state index is 11.6. The Hall–Kier alpha value is -1.95. The van der Waals surface area contributed by atoms with E-state index in [1.165, 1.54) is 6.07 Å². The molecule has 1 aromatic heterocycles. The van der Waals surface area contributed by atoms with Crippen LogP contribution in [0.2, 0.25) is 0 Å². The van der Waals surface area contributed by atoms with E-state index in [1.807, 2.05) is 25.1 Å². The number of aromatic nitrogens is 1. The summed E-state index contributed by atoms with van der Waals surface area (Å²) in [6.45, 7) is 1.95. The number of carbonyl (C=O) groups excluding carboxylic acids is 1. The lowest BCUT2D eigenvalue weighted by Crippen LogP contribution is -2.26. The zero-order valence-electron chi connectivity index (χ0n) is 12.3. The minimum atomic E-state index is -2.09. The van der Waals surface area contributed by atoms with Gasteiger partial charge >= 0.3 is 0 Å². The van der Waals surface area contributed by atoms with Gasteiger partial charge in [0, 0.05) is 11.8 Å². The Labute approximate surface area is 152 Å². The van der Waals surface area contributed by atoms with E-state index < -0.39 is 9.70 Å². The molecule has 2 N–H and O–H groups in total. The molecular formula is C16H11Cl3N2O3. The quantitative estimate of drug-likeness (QED) is 0.620. The average molecular weight is 386 g/mol. The normalized spacial score (nSPS) is 11.7. The van der Waals surface area contributed by atoms with E-state index >= 15 is 0 Å². The van der Waals surface area contributed by atoms with Gasteiger partial charge in [0.05, 0.1) is 5.56 Å². The number of nitrogens with one attached hydrogen (secondary N) is 1. The summed E-state index contributed by atoms with van der Waals surface area (Å²) < 4.78 is 3.55. The van der Waals surface area contributed by atoms with Crippen molar-refractivity contribution >= 4 is 57.5 Å². The summed E-state index contributed by atoms with van der Waals surface area (Å²) in [7, 11) is 0. The SMILES string of the molecule is Cc1ccc2oc(-c3ccc(NC(=O)C(Cl)(Cl)Cl)cc3O)nc2c1. The number of carbonyl (C=O) groups is 1. The zero-order chi connectivity index (χ0) is 17.5. The lowest BCUT2D eigenvalue weighted by Gasteiger charge is -2.12. The number of halogens is 3. The minimum Gasteiger partial charge on any atom is -0.507 e. The Morgan fingerprint density at radius 3 is 2.62 bits per heavy atom. The van der Waals surface area contributed by atoms with Gasteiger partial charge in [0.1, 0.15) is 11.3 Å². The Morgan fingerprint density at radius 1 is 1.21 bits per heavy atom. The number of hydrogen-bond donors (Lipinski definition) is 2. The summed E-state index contributed by atoms with van der Waals surface area (Å²) in [6, 6.07) is 10.0. The maximum Gasteiger partial charge on any atom is 0.276 e. The van der Waals surface area contributed by atoms with E-state index in [0.717, 1.165) is 5.56 Å². The summed E-state index contributed by atoms with van der Waals surface area (Å²) in [6.07, 6.45) is 0. The van der Waals surface area contributed by atoms with Crippen LogP contribution in [0.4, 0.5) is 5.69 Å². The topological polar surface area (TPSA) is 75.4 Å². The van der Waals surface area contributed by atoms with Crippen molar-refractivity contribution in [1.82, 2.24) is 4.98 Å². The molecule has 124 valence electrons. The number of hydrogen-bond acceptors (Lipinski definition) is 4. The molecule has 2 aromatic carbocycles. The predicted octanol–water partition coefficient (Wildman–Crippen LogP) is 4.82. The number of fused-ring (bicyclic) bond motifs is 1. The van der Waals surface area contributed by atoms with Gasteiger partial charge in [-0.25, -0.2) is 4.98 Å². The fourth-order valence-corrected chi connectivity index (χ4v) is 2.29. The molecule has 0 saturated carbocycles. The molecule has 0 bridgehead atoms. The highest BCUT2D eigenvalue weighted by atomic mass is 35.6. The largest absolute Gasteiger partial charge is 0.507 e. The molecule has 24 heavy (non-hydrogen) atoms. The number of anilines is 1. The second kappa shape index (κ2) is 6.16. The average Bonchev–Trinajstić information content (AvgIpc) is 2.88. The molecule has 0 aliphatic rings. The standard InChI is InChI=1S/C16H11Cl3N2O3/c1-8-2-5-13-11(6-8)21-14(24-13)10-4-3-9(7-12(10)22)20-15(23)16(17,18)19/h2-7,22H,1H3,(H,20,23). The Bertz CT molecular complexity index is 932. The van der Waals surface area contributed by atoms with Gasteiger partial charge in [0.15, 0.2) is 5.58 Å². The van der Waals surface area contributed by atoms with Crippen LogP contribution >= 0.6 is 34.8 Å². The van der Waals surface area contributed by atoms with Crippen molar-refractivity contribution in [2.45, 2.75) is 10.7 Å². The molecule has 1 amide bonds. The van der Waals surface area contributed by atoms with Gasteiger partial charge in [0.25, 0.3) is 9.70 Å². The van der Waals surface area contributed by atoms with Crippen molar-refractivity contribution in [2.24, 2.45) is 0 Å². The number of phenolic OH excluding ortho intramolecular Hbond substituents is 1. The first-order valence-corrected chi connectivity index (χ1v) is 7.96. The number of benzene rings is 2. The molecule has 3 aromatic rings. The van der Waals surface area contributed by atoms with Crippen LogP contribution in [0.5, 0.6) is 5.75 Å². The van der Waals surface area contributed by atoms with Crippen LogP contribution in [-0.2, 0) is 4.79 Å². The summed E-state index contributed by atoms with van der Waals surface area (Å²) >= 11 is 16.5. The van der Waals surface area contributed by atoms with Gasteiger partial charge < -0.3 is 14.8 Å². The zero-order valence-corrected chi connectivity index (χ0v) is 14.6. The highest BCUT2D eigenvalue weighted by Crippen LogP contribution is 2.34. The third kappa shape index (κ3) is 3.43. The molecule has 3 rings (SSSR count). The van der Waals surface area contributed by atoms with Gasteiger partial charge in [-0.15, -0.1) is 0 Å². The third-order valence-corrected chi connectivity index (χ3v) is 3.80. The lowest BCUT2D eigenvalue weighted by atomic mass is 10.2. The Kier molecular flexibility index (Phi) is 4.34. The number of oxazole rings is 1. The van der Waals surface area contributed by atoms with Gasteiger partial charge in [-0.3, -0.25) is 4.79 Å². The van der Waals surface area contributed by atoms with Gasteiger partial charge in [-0.2, -0.15) is 0 Å². The van der Waals surface area contributed by atoms with Gasteiger partial charge in [-0.05, 0) is 36.8 Å². The Morgan fingerprint density at radius 2 is 1.96 bits per heavy atom. The van der Waals surface area contributed by atoms with Crippen molar-refractivity contribution in [1.29, 1.82) is 0 Å². The summed E-state index contributed by atoms with van der Waals surface area (Å²) in [5.41, 5.74) is 3.02. The molecular weight excluding hydrogens is 375 g/mol. The first kappa shape index (κ1) is 16.9. The highest BCUT2D eigenvalue weighted by molar-refractivity contribution is 6.76. The van der Waals surface area contributed by atoms with Gasteiger partial charge in [-0.1, -0.05) is 40.9 Å². The van der Waals surface area contributed by atoms with E-state index in [2.05, 4.69) is 10.3 Å². The smallest absolute Gasteiger partial charge is 0.276 e. The van der Waals surface area contributed by atoms with Crippen LogP contribution in [0.3, 0.4) is 0 Å². The molecule has 0 saturated heterocycles. The molecule has 5 nitrogen and oxygen atoms in total. The first-order chi connectivity index (χ1) is 11.2. The number of nitrogens with zero attached hydrogens (tertiary/aromatic N) is 1. The van der Waals surface area contributed by atoms with Crippen molar-refractivity contribution in [3.63, 3.8) is 0 Å². The molecule has 8 heteroatoms. The van der Waals surface area contributed by atoms with E-state index in [4.69, 9.17) is 39.2 Å². The monoisotopic (exact) mass is 384 g/mol. The third-order valence-electron chi connectivity index (χ3n) is 3.29. The summed E-state index contributed by atoms with van der Waals surface area (Å²) in [4.78, 5) is 16.0. The summed E-state index contributed by atoms with van der Waals surface area (Å²) in [5, 5.41) is 12.6. The second-order valence-corrected chi connectivity index (χ2v) is 7.46. The number of amides is 1. The Balaban J connectivity index is 1.93. The number of alkyl halides is 3. The number of rotatable bonds is 2. The summed E-state index contributed by atoms with van der Waals surface area (Å²) in [5.74, 6) is -0.676.